The predicted octanol–water partition coefficient (Wildman–Crippen LogP) is 4.53. The molecule has 2 aliphatic rings. The van der Waals surface area contributed by atoms with E-state index in [1.165, 1.54) is 11.0 Å². The lowest BCUT2D eigenvalue weighted by atomic mass is 9.98. The summed E-state index contributed by atoms with van der Waals surface area (Å²) in [7, 11) is 0. The summed E-state index contributed by atoms with van der Waals surface area (Å²) in [5, 5.41) is 0. The van der Waals surface area contributed by atoms with Crippen LogP contribution < -0.4 is 4.65 Å². The van der Waals surface area contributed by atoms with Crippen LogP contribution >= 0.6 is 15.9 Å². The van der Waals surface area contributed by atoms with Crippen LogP contribution in [-0.4, -0.2) is 66.7 Å². The van der Waals surface area contributed by atoms with Gasteiger partial charge in [0.05, 0.1) is 6.54 Å². The van der Waals surface area contributed by atoms with Crippen LogP contribution in [0.25, 0.3) is 0 Å². The Balaban J connectivity index is 1.86. The van der Waals surface area contributed by atoms with E-state index in [1.54, 1.807) is 24.3 Å². The molecule has 0 saturated carbocycles. The highest BCUT2D eigenvalue weighted by atomic mass is 79.9. The van der Waals surface area contributed by atoms with Gasteiger partial charge in [0.1, 0.15) is 30.8 Å². The smallest absolute Gasteiger partial charge is 0.345 e. The molecule has 11 heteroatoms. The van der Waals surface area contributed by atoms with Crippen molar-refractivity contribution < 1.29 is 32.4 Å². The number of urea groups is 1. The van der Waals surface area contributed by atoms with E-state index >= 15 is 0 Å². The number of nitrogens with zero attached hydrogens (tertiary/aromatic N) is 3. The van der Waals surface area contributed by atoms with Crippen molar-refractivity contribution in [3.05, 3.63) is 63.9 Å². The number of hydrogen-bond acceptors (Lipinski definition) is 4. The van der Waals surface area contributed by atoms with Gasteiger partial charge in [-0.3, -0.25) is 9.59 Å². The van der Waals surface area contributed by atoms with E-state index in [0.29, 0.717) is 12.0 Å². The van der Waals surface area contributed by atoms with E-state index in [1.807, 2.05) is 0 Å². The maximum atomic E-state index is 14.5. The number of halogens is 4. The minimum Gasteiger partial charge on any atom is -0.345 e. The van der Waals surface area contributed by atoms with Crippen LogP contribution in [0.2, 0.25) is 0 Å². The van der Waals surface area contributed by atoms with Gasteiger partial charge < -0.3 is 4.90 Å². The lowest BCUT2D eigenvalue weighted by Gasteiger charge is -2.46. The molecule has 0 aromatic heterocycles. The highest BCUT2D eigenvalue weighted by molar-refractivity contribution is 9.10. The molecule has 2 aromatic carbocycles. The Morgan fingerprint density at radius 2 is 1.74 bits per heavy atom. The topological polar surface area (TPSA) is 66.9 Å². The molecule has 2 heterocycles. The second-order valence-electron chi connectivity index (χ2n) is 8.53. The van der Waals surface area contributed by atoms with Gasteiger partial charge >= 0.3 is 6.03 Å². The molecular weight excluding hydrogens is 531 g/mol. The molecule has 0 spiro atoms. The first-order valence-corrected chi connectivity index (χ1v) is 11.9. The summed E-state index contributed by atoms with van der Waals surface area (Å²) in [6.07, 6.45) is -0.442. The standard InChI is InChI=1S/C24H24BrF3N3O4/c25-17-3-1-16(2-4-17)14-30-23(33)21-6-5-18(28)11-22(21)31(24(30)34,35-20(12-26)13-27)19-7-9-29(15-32)10-8-19/h1-6,11,15,19-20H,7-10,12-14H2/q+1. The number of carbonyl (C=O) groups excluding carboxylic acids is 3. The Hall–Kier alpha value is -2.76. The summed E-state index contributed by atoms with van der Waals surface area (Å²) >= 11 is 3.34. The van der Waals surface area contributed by atoms with Crippen molar-refractivity contribution in [3.8, 4) is 0 Å². The van der Waals surface area contributed by atoms with Crippen LogP contribution in [-0.2, 0) is 16.2 Å². The molecule has 0 radical (unpaired) electrons. The molecule has 1 unspecified atom stereocenters. The van der Waals surface area contributed by atoms with E-state index in [0.717, 1.165) is 21.5 Å². The van der Waals surface area contributed by atoms with Gasteiger partial charge in [-0.25, -0.2) is 22.9 Å². The number of piperidine rings is 1. The molecule has 0 N–H and O–H groups in total. The number of imide groups is 1. The van der Waals surface area contributed by atoms with Crippen molar-refractivity contribution in [1.82, 2.24) is 14.4 Å². The predicted molar refractivity (Wildman–Crippen MR) is 125 cm³/mol. The van der Waals surface area contributed by atoms with Crippen LogP contribution in [0.5, 0.6) is 0 Å². The summed E-state index contributed by atoms with van der Waals surface area (Å²) in [5.41, 5.74) is 0.558. The lowest BCUT2D eigenvalue weighted by molar-refractivity contribution is -0.193. The molecule has 7 nitrogen and oxygen atoms in total. The van der Waals surface area contributed by atoms with Gasteiger partial charge in [0.15, 0.2) is 11.8 Å². The average Bonchev–Trinajstić information content (AvgIpc) is 2.88. The molecule has 1 fully saturated rings. The fraction of sp³-hybridized carbons (Fsp3) is 0.375. The minimum absolute atomic E-state index is 0.0115. The van der Waals surface area contributed by atoms with E-state index in [2.05, 4.69) is 15.9 Å². The van der Waals surface area contributed by atoms with Crippen molar-refractivity contribution >= 4 is 40.0 Å². The fourth-order valence-corrected chi connectivity index (χ4v) is 4.88. The van der Waals surface area contributed by atoms with Crippen LogP contribution in [0.4, 0.5) is 23.7 Å². The van der Waals surface area contributed by atoms with Gasteiger partial charge in [-0.2, -0.15) is 4.84 Å². The van der Waals surface area contributed by atoms with Crippen LogP contribution in [0.15, 0.2) is 46.9 Å². The summed E-state index contributed by atoms with van der Waals surface area (Å²) < 4.78 is 41.6. The Morgan fingerprint density at radius 3 is 2.34 bits per heavy atom. The van der Waals surface area contributed by atoms with E-state index < -0.39 is 47.9 Å². The van der Waals surface area contributed by atoms with Crippen molar-refractivity contribution in [1.29, 1.82) is 0 Å². The molecular formula is C24H24BrF3N3O4+. The molecule has 1 atom stereocenters. The second kappa shape index (κ2) is 10.5. The number of carbonyl (C=O) groups is 3. The summed E-state index contributed by atoms with van der Waals surface area (Å²) in [4.78, 5) is 47.1. The molecule has 0 aliphatic carbocycles. The minimum atomic E-state index is -1.61. The lowest BCUT2D eigenvalue weighted by Crippen LogP contribution is -2.71. The molecule has 35 heavy (non-hydrogen) atoms. The third kappa shape index (κ3) is 4.72. The number of quaternary nitrogens is 1. The zero-order valence-electron chi connectivity index (χ0n) is 18.7. The average molecular weight is 555 g/mol. The molecule has 4 rings (SSSR count). The number of rotatable bonds is 8. The van der Waals surface area contributed by atoms with Gasteiger partial charge in [-0.15, -0.1) is 0 Å². The van der Waals surface area contributed by atoms with Crippen LogP contribution in [0, 0.1) is 5.82 Å². The van der Waals surface area contributed by atoms with Crippen LogP contribution in [0.3, 0.4) is 0 Å². The second-order valence-corrected chi connectivity index (χ2v) is 9.44. The van der Waals surface area contributed by atoms with Crippen molar-refractivity contribution in [2.24, 2.45) is 0 Å². The molecule has 0 bridgehead atoms. The third-order valence-electron chi connectivity index (χ3n) is 6.38. The fourth-order valence-electron chi connectivity index (χ4n) is 4.62. The van der Waals surface area contributed by atoms with E-state index in [-0.39, 0.29) is 43.7 Å². The third-order valence-corrected chi connectivity index (χ3v) is 6.91. The van der Waals surface area contributed by atoms with E-state index in [4.69, 9.17) is 4.84 Å². The van der Waals surface area contributed by atoms with Gasteiger partial charge in [0, 0.05) is 36.5 Å². The first kappa shape index (κ1) is 25.3. The summed E-state index contributed by atoms with van der Waals surface area (Å²) in [6, 6.07) is 8.78. The normalized spacial score (nSPS) is 20.9. The molecule has 186 valence electrons. The number of benzene rings is 2. The highest BCUT2D eigenvalue weighted by Gasteiger charge is 2.60. The monoisotopic (exact) mass is 554 g/mol. The van der Waals surface area contributed by atoms with Gasteiger partial charge in [0.25, 0.3) is 5.91 Å². The Kier molecular flexibility index (Phi) is 7.58. The van der Waals surface area contributed by atoms with Crippen LogP contribution in [0.1, 0.15) is 28.8 Å². The molecule has 2 aliphatic heterocycles. The number of amides is 4. The Labute approximate surface area is 208 Å². The van der Waals surface area contributed by atoms with E-state index in [9.17, 15) is 27.6 Å². The summed E-state index contributed by atoms with van der Waals surface area (Å²) in [5.74, 6) is -1.38. The highest BCUT2D eigenvalue weighted by Crippen LogP contribution is 2.42. The quantitative estimate of drug-likeness (QED) is 0.355. The largest absolute Gasteiger partial charge is 0.464 e. The van der Waals surface area contributed by atoms with Gasteiger partial charge in [-0.05, 0) is 29.8 Å². The van der Waals surface area contributed by atoms with Gasteiger partial charge in [-0.1, -0.05) is 32.7 Å². The molecule has 1 saturated heterocycles. The molecule has 2 aromatic rings. The number of fused-ring (bicyclic) bond motifs is 1. The number of hydrogen-bond donors (Lipinski definition) is 0. The van der Waals surface area contributed by atoms with Crippen molar-refractivity contribution in [2.75, 3.05) is 26.4 Å². The Morgan fingerprint density at radius 1 is 1.09 bits per heavy atom. The number of likely N-dealkylation sites (tertiary alicyclic amines) is 1. The zero-order valence-corrected chi connectivity index (χ0v) is 20.3. The maximum Gasteiger partial charge on any atom is 0.464 e. The number of hydroxylamine groups is 2. The Bertz CT molecular complexity index is 1110. The van der Waals surface area contributed by atoms with Gasteiger partial charge in [0.2, 0.25) is 6.41 Å². The van der Waals surface area contributed by atoms with Crippen molar-refractivity contribution in [2.45, 2.75) is 31.5 Å². The first-order valence-electron chi connectivity index (χ1n) is 11.1. The first-order chi connectivity index (χ1) is 16.8. The zero-order chi connectivity index (χ0) is 25.2. The maximum absolute atomic E-state index is 14.5. The number of alkyl halides is 2. The van der Waals surface area contributed by atoms with Crippen molar-refractivity contribution in [3.63, 3.8) is 0 Å². The molecule has 4 amide bonds. The summed E-state index contributed by atoms with van der Waals surface area (Å²) in [6.45, 7) is -2.02. The SMILES string of the molecule is O=CN1CCC([N+]2(OC(CF)CF)C(=O)N(Cc3ccc(Br)cc3)C(=O)c3ccc(F)cc32)CC1.